The molecule has 2 atom stereocenters. The first kappa shape index (κ1) is 20.7. The largest absolute Gasteiger partial charge is 0.342 e. The molecule has 0 aromatic carbocycles. The van der Waals surface area contributed by atoms with Gasteiger partial charge in [-0.3, -0.25) is 4.79 Å². The lowest BCUT2D eigenvalue weighted by Crippen LogP contribution is -2.49. The van der Waals surface area contributed by atoms with Gasteiger partial charge < -0.3 is 9.80 Å². The van der Waals surface area contributed by atoms with Crippen molar-refractivity contribution in [2.75, 3.05) is 32.7 Å². The van der Waals surface area contributed by atoms with Crippen LogP contribution in [0.1, 0.15) is 85.5 Å². The number of carbonyl (C=O) groups is 1. The van der Waals surface area contributed by atoms with Crippen molar-refractivity contribution in [3.8, 4) is 0 Å². The van der Waals surface area contributed by atoms with Gasteiger partial charge in [0, 0.05) is 25.6 Å². The van der Waals surface area contributed by atoms with Gasteiger partial charge in [-0.05, 0) is 69.4 Å². The fourth-order valence-electron chi connectivity index (χ4n) is 5.05. The fraction of sp³-hybridized carbons (Fsp3) is 0.955. The van der Waals surface area contributed by atoms with Gasteiger partial charge in [0.2, 0.25) is 5.91 Å². The van der Waals surface area contributed by atoms with Crippen LogP contribution in [0.15, 0.2) is 0 Å². The zero-order chi connectivity index (χ0) is 18.3. The maximum absolute atomic E-state index is 12.7. The quantitative estimate of drug-likeness (QED) is 0.618. The number of likely N-dealkylation sites (tertiary alicyclic amines) is 2. The second kappa shape index (κ2) is 9.94. The smallest absolute Gasteiger partial charge is 0.225 e. The minimum atomic E-state index is 0.265. The lowest BCUT2D eigenvalue weighted by molar-refractivity contribution is -0.138. The van der Waals surface area contributed by atoms with Crippen molar-refractivity contribution < 1.29 is 4.79 Å². The zero-order valence-corrected chi connectivity index (χ0v) is 17.4. The molecule has 2 rings (SSSR count). The summed E-state index contributed by atoms with van der Waals surface area (Å²) in [6.45, 7) is 14.9. The number of nitrogens with zero attached hydrogens (tertiary/aromatic N) is 2. The molecule has 1 spiro atoms. The van der Waals surface area contributed by atoms with Gasteiger partial charge in [0.1, 0.15) is 0 Å². The molecule has 0 aliphatic carbocycles. The molecule has 2 aliphatic rings. The molecule has 0 saturated carbocycles. The molecule has 1 amide bonds. The lowest BCUT2D eigenvalue weighted by atomic mass is 9.71. The minimum absolute atomic E-state index is 0.265. The van der Waals surface area contributed by atoms with E-state index in [9.17, 15) is 4.79 Å². The summed E-state index contributed by atoms with van der Waals surface area (Å²) in [4.78, 5) is 17.6. The Morgan fingerprint density at radius 3 is 2.00 bits per heavy atom. The summed E-state index contributed by atoms with van der Waals surface area (Å²) in [5.41, 5.74) is 0.535. The highest BCUT2D eigenvalue weighted by Crippen LogP contribution is 2.41. The number of rotatable bonds is 8. The van der Waals surface area contributed by atoms with Crippen molar-refractivity contribution >= 4 is 5.91 Å². The van der Waals surface area contributed by atoms with Crippen LogP contribution in [0.25, 0.3) is 0 Å². The highest BCUT2D eigenvalue weighted by molar-refractivity contribution is 5.78. The average molecular weight is 351 g/mol. The molecule has 2 unspecified atom stereocenters. The van der Waals surface area contributed by atoms with Crippen molar-refractivity contribution in [2.24, 2.45) is 17.3 Å². The van der Waals surface area contributed by atoms with E-state index in [0.29, 0.717) is 11.3 Å². The second-order valence-corrected chi connectivity index (χ2v) is 8.91. The molecule has 146 valence electrons. The molecular weight excluding hydrogens is 308 g/mol. The molecule has 0 N–H and O–H groups in total. The van der Waals surface area contributed by atoms with Gasteiger partial charge in [0.15, 0.2) is 0 Å². The fourth-order valence-corrected chi connectivity index (χ4v) is 5.05. The third-order valence-corrected chi connectivity index (χ3v) is 6.88. The second-order valence-electron chi connectivity index (χ2n) is 8.91. The van der Waals surface area contributed by atoms with Crippen molar-refractivity contribution in [1.29, 1.82) is 0 Å². The third kappa shape index (κ3) is 5.70. The molecule has 0 bridgehead atoms. The minimum Gasteiger partial charge on any atom is -0.342 e. The lowest BCUT2D eigenvalue weighted by Gasteiger charge is -2.47. The van der Waals surface area contributed by atoms with E-state index in [1.54, 1.807) is 0 Å². The van der Waals surface area contributed by atoms with Crippen LogP contribution in [0.3, 0.4) is 0 Å². The Bertz CT molecular complexity index is 391. The Morgan fingerprint density at radius 1 is 0.920 bits per heavy atom. The molecule has 0 aromatic rings. The summed E-state index contributed by atoms with van der Waals surface area (Å²) < 4.78 is 0. The predicted molar refractivity (Wildman–Crippen MR) is 107 cm³/mol. The molecule has 3 heteroatoms. The SMILES string of the molecule is CCCC(C)CN1CCC2(CC1)CCN(C(=O)C(CC)CCC)CC2. The van der Waals surface area contributed by atoms with E-state index in [1.807, 2.05) is 0 Å². The first-order valence-corrected chi connectivity index (χ1v) is 11.0. The van der Waals surface area contributed by atoms with E-state index in [2.05, 4.69) is 37.5 Å². The number of piperidine rings is 2. The standard InChI is InChI=1S/C22H42N2O/c1-5-8-19(4)18-23-14-10-22(11-15-23)12-16-24(17-13-22)21(25)20(7-3)9-6-2/h19-20H,5-18H2,1-4H3. The summed E-state index contributed by atoms with van der Waals surface area (Å²) in [5.74, 6) is 1.54. The van der Waals surface area contributed by atoms with Gasteiger partial charge in [0.05, 0.1) is 0 Å². The first-order valence-electron chi connectivity index (χ1n) is 11.0. The number of hydrogen-bond donors (Lipinski definition) is 0. The van der Waals surface area contributed by atoms with E-state index < -0.39 is 0 Å². The van der Waals surface area contributed by atoms with Crippen LogP contribution < -0.4 is 0 Å². The number of carbonyl (C=O) groups excluding carboxylic acids is 1. The first-order chi connectivity index (χ1) is 12.0. The van der Waals surface area contributed by atoms with Gasteiger partial charge in [-0.25, -0.2) is 0 Å². The molecule has 2 saturated heterocycles. The highest BCUT2D eigenvalue weighted by Gasteiger charge is 2.39. The number of amides is 1. The van der Waals surface area contributed by atoms with E-state index in [1.165, 1.54) is 58.2 Å². The van der Waals surface area contributed by atoms with Gasteiger partial charge in [0.25, 0.3) is 0 Å². The highest BCUT2D eigenvalue weighted by atomic mass is 16.2. The number of hydrogen-bond acceptors (Lipinski definition) is 2. The maximum Gasteiger partial charge on any atom is 0.225 e. The van der Waals surface area contributed by atoms with Crippen LogP contribution in [-0.2, 0) is 4.79 Å². The molecule has 0 aromatic heterocycles. The summed E-state index contributed by atoms with van der Waals surface area (Å²) in [5, 5.41) is 0. The van der Waals surface area contributed by atoms with E-state index in [-0.39, 0.29) is 5.92 Å². The van der Waals surface area contributed by atoms with Crippen molar-refractivity contribution in [1.82, 2.24) is 9.80 Å². The van der Waals surface area contributed by atoms with E-state index >= 15 is 0 Å². The van der Waals surface area contributed by atoms with Crippen LogP contribution >= 0.6 is 0 Å². The van der Waals surface area contributed by atoms with Crippen LogP contribution in [0.4, 0.5) is 0 Å². The maximum atomic E-state index is 12.7. The Labute approximate surface area is 156 Å². The van der Waals surface area contributed by atoms with Crippen LogP contribution in [0.5, 0.6) is 0 Å². The summed E-state index contributed by atoms with van der Waals surface area (Å²) >= 11 is 0. The molecule has 0 radical (unpaired) electrons. The predicted octanol–water partition coefficient (Wildman–Crippen LogP) is 4.95. The van der Waals surface area contributed by atoms with Gasteiger partial charge in [-0.2, -0.15) is 0 Å². The monoisotopic (exact) mass is 350 g/mol. The van der Waals surface area contributed by atoms with Crippen LogP contribution in [0.2, 0.25) is 0 Å². The molecule has 2 heterocycles. The zero-order valence-electron chi connectivity index (χ0n) is 17.4. The van der Waals surface area contributed by atoms with E-state index in [4.69, 9.17) is 0 Å². The third-order valence-electron chi connectivity index (χ3n) is 6.88. The Morgan fingerprint density at radius 2 is 1.48 bits per heavy atom. The topological polar surface area (TPSA) is 23.6 Å². The van der Waals surface area contributed by atoms with Gasteiger partial charge in [-0.15, -0.1) is 0 Å². The van der Waals surface area contributed by atoms with Crippen molar-refractivity contribution in [3.05, 3.63) is 0 Å². The van der Waals surface area contributed by atoms with Crippen LogP contribution in [0, 0.1) is 17.3 Å². The molecule has 25 heavy (non-hydrogen) atoms. The average Bonchev–Trinajstić information content (AvgIpc) is 2.62. The molecule has 2 fully saturated rings. The normalized spacial score (nSPS) is 23.6. The van der Waals surface area contributed by atoms with Gasteiger partial charge in [-0.1, -0.05) is 40.5 Å². The summed E-state index contributed by atoms with van der Waals surface area (Å²) in [7, 11) is 0. The Kier molecular flexibility index (Phi) is 8.25. The molecule has 2 aliphatic heterocycles. The Hall–Kier alpha value is -0.570. The summed E-state index contributed by atoms with van der Waals surface area (Å²) in [6, 6.07) is 0. The molecule has 3 nitrogen and oxygen atoms in total. The molecular formula is C22H42N2O. The van der Waals surface area contributed by atoms with Crippen molar-refractivity contribution in [3.63, 3.8) is 0 Å². The van der Waals surface area contributed by atoms with Crippen LogP contribution in [-0.4, -0.2) is 48.4 Å². The van der Waals surface area contributed by atoms with Crippen molar-refractivity contribution in [2.45, 2.75) is 85.5 Å². The van der Waals surface area contributed by atoms with Gasteiger partial charge >= 0.3 is 0 Å². The Balaban J connectivity index is 1.77. The summed E-state index contributed by atoms with van der Waals surface area (Å²) in [6.07, 6.45) is 11.0. The van der Waals surface area contributed by atoms with E-state index in [0.717, 1.165) is 38.3 Å².